The Labute approximate surface area is 162 Å². The summed E-state index contributed by atoms with van der Waals surface area (Å²) in [5.74, 6) is 0.934. The van der Waals surface area contributed by atoms with Crippen LogP contribution >= 0.6 is 0 Å². The van der Waals surface area contributed by atoms with Crippen molar-refractivity contribution in [2.24, 2.45) is 0 Å². The monoisotopic (exact) mass is 356 g/mol. The second-order valence-electron chi connectivity index (χ2n) is 7.39. The minimum Gasteiger partial charge on any atom is -0.493 e. The molecule has 0 fully saturated rings. The van der Waals surface area contributed by atoms with E-state index in [-0.39, 0.29) is 0 Å². The highest BCUT2D eigenvalue weighted by molar-refractivity contribution is 5.64. The van der Waals surface area contributed by atoms with Crippen LogP contribution in [0.2, 0.25) is 0 Å². The lowest BCUT2D eigenvalue weighted by Crippen LogP contribution is -2.00. The zero-order chi connectivity index (χ0) is 19.0. The van der Waals surface area contributed by atoms with Crippen molar-refractivity contribution in [3.63, 3.8) is 0 Å². The SMILES string of the molecule is C=Cc1cc(OCCCCCCCCCCCCCC)c(C=C)cc1C. The van der Waals surface area contributed by atoms with Crippen molar-refractivity contribution >= 4 is 12.2 Å². The Morgan fingerprint density at radius 2 is 1.23 bits per heavy atom. The van der Waals surface area contributed by atoms with Gasteiger partial charge in [-0.15, -0.1) is 0 Å². The zero-order valence-electron chi connectivity index (χ0n) is 17.3. The van der Waals surface area contributed by atoms with E-state index in [4.69, 9.17) is 4.74 Å². The number of hydrogen-bond donors (Lipinski definition) is 0. The fourth-order valence-corrected chi connectivity index (χ4v) is 3.36. The number of ether oxygens (including phenoxy) is 1. The quantitative estimate of drug-likeness (QED) is 0.270. The predicted octanol–water partition coefficient (Wildman–Crippen LogP) is 8.36. The van der Waals surface area contributed by atoms with Crippen molar-refractivity contribution in [2.75, 3.05) is 6.61 Å². The van der Waals surface area contributed by atoms with Crippen molar-refractivity contribution in [3.8, 4) is 5.75 Å². The lowest BCUT2D eigenvalue weighted by molar-refractivity contribution is 0.303. The first-order valence-corrected chi connectivity index (χ1v) is 10.7. The molecule has 1 heteroatoms. The normalized spacial score (nSPS) is 10.7. The fraction of sp³-hybridized carbons (Fsp3) is 0.600. The molecule has 1 rings (SSSR count). The number of unbranched alkanes of at least 4 members (excludes halogenated alkanes) is 11. The number of aryl methyl sites for hydroxylation is 1. The van der Waals surface area contributed by atoms with Gasteiger partial charge in [0, 0.05) is 5.56 Å². The van der Waals surface area contributed by atoms with Gasteiger partial charge in [0.1, 0.15) is 5.75 Å². The Hall–Kier alpha value is -1.50. The standard InChI is InChI=1S/C25H40O/c1-5-8-9-10-11-12-13-14-15-16-17-18-19-26-25-21-23(6-2)22(4)20-24(25)7-3/h6-7,20-21H,2-3,5,8-19H2,1,4H3. The first-order valence-electron chi connectivity index (χ1n) is 10.7. The second-order valence-corrected chi connectivity index (χ2v) is 7.39. The van der Waals surface area contributed by atoms with E-state index in [1.54, 1.807) is 0 Å². The maximum Gasteiger partial charge on any atom is 0.127 e. The van der Waals surface area contributed by atoms with Crippen molar-refractivity contribution in [2.45, 2.75) is 90.9 Å². The third-order valence-corrected chi connectivity index (χ3v) is 5.09. The molecule has 0 saturated carbocycles. The Balaban J connectivity index is 2.07. The molecule has 0 heterocycles. The summed E-state index contributed by atoms with van der Waals surface area (Å²) in [7, 11) is 0. The lowest BCUT2D eigenvalue weighted by atomic mass is 10.0. The van der Waals surface area contributed by atoms with Gasteiger partial charge in [0.25, 0.3) is 0 Å². The molecule has 0 radical (unpaired) electrons. The highest BCUT2D eigenvalue weighted by atomic mass is 16.5. The van der Waals surface area contributed by atoms with Crippen LogP contribution < -0.4 is 4.74 Å². The third kappa shape index (κ3) is 9.27. The van der Waals surface area contributed by atoms with E-state index in [9.17, 15) is 0 Å². The average Bonchev–Trinajstić information content (AvgIpc) is 2.66. The van der Waals surface area contributed by atoms with E-state index in [2.05, 4.69) is 39.1 Å². The van der Waals surface area contributed by atoms with E-state index in [0.717, 1.165) is 29.9 Å². The minimum absolute atomic E-state index is 0.790. The summed E-state index contributed by atoms with van der Waals surface area (Å²) in [6, 6.07) is 4.21. The van der Waals surface area contributed by atoms with Gasteiger partial charge in [0.15, 0.2) is 0 Å². The van der Waals surface area contributed by atoms with Gasteiger partial charge in [-0.1, -0.05) is 103 Å². The summed E-state index contributed by atoms with van der Waals surface area (Å²) in [4.78, 5) is 0. The largest absolute Gasteiger partial charge is 0.493 e. The molecule has 146 valence electrons. The molecule has 1 aromatic rings. The number of hydrogen-bond acceptors (Lipinski definition) is 1. The molecule has 0 aromatic heterocycles. The molecular formula is C25H40O. The summed E-state index contributed by atoms with van der Waals surface area (Å²) >= 11 is 0. The summed E-state index contributed by atoms with van der Waals surface area (Å²) in [5.41, 5.74) is 3.43. The Bertz CT molecular complexity index is 515. The van der Waals surface area contributed by atoms with Crippen molar-refractivity contribution in [1.82, 2.24) is 0 Å². The molecule has 0 bridgehead atoms. The molecule has 1 aromatic carbocycles. The molecule has 0 unspecified atom stereocenters. The van der Waals surface area contributed by atoms with E-state index >= 15 is 0 Å². The Morgan fingerprint density at radius 3 is 1.73 bits per heavy atom. The van der Waals surface area contributed by atoms with Gasteiger partial charge in [-0.05, 0) is 36.6 Å². The van der Waals surface area contributed by atoms with Crippen molar-refractivity contribution in [1.29, 1.82) is 0 Å². The van der Waals surface area contributed by atoms with Crippen LogP contribution in [0.5, 0.6) is 5.75 Å². The maximum atomic E-state index is 6.00. The van der Waals surface area contributed by atoms with Gasteiger partial charge >= 0.3 is 0 Å². The first-order chi connectivity index (χ1) is 12.7. The Morgan fingerprint density at radius 1 is 0.731 bits per heavy atom. The van der Waals surface area contributed by atoms with Crippen LogP contribution in [0.15, 0.2) is 25.3 Å². The topological polar surface area (TPSA) is 9.23 Å². The van der Waals surface area contributed by atoms with Gasteiger partial charge in [0.2, 0.25) is 0 Å². The fourth-order valence-electron chi connectivity index (χ4n) is 3.36. The molecular weight excluding hydrogens is 316 g/mol. The van der Waals surface area contributed by atoms with Crippen LogP contribution in [0.4, 0.5) is 0 Å². The molecule has 26 heavy (non-hydrogen) atoms. The first kappa shape index (κ1) is 22.5. The third-order valence-electron chi connectivity index (χ3n) is 5.09. The number of rotatable bonds is 16. The Kier molecular flexibility index (Phi) is 12.7. The average molecular weight is 357 g/mol. The van der Waals surface area contributed by atoms with Gasteiger partial charge < -0.3 is 4.74 Å². The molecule has 0 atom stereocenters. The van der Waals surface area contributed by atoms with E-state index in [0.29, 0.717) is 0 Å². The van der Waals surface area contributed by atoms with Crippen LogP contribution in [0, 0.1) is 6.92 Å². The number of benzene rings is 1. The van der Waals surface area contributed by atoms with Crippen LogP contribution in [-0.2, 0) is 0 Å². The molecule has 0 aliphatic rings. The van der Waals surface area contributed by atoms with Crippen LogP contribution in [-0.4, -0.2) is 6.61 Å². The molecule has 0 aliphatic carbocycles. The van der Waals surface area contributed by atoms with Crippen LogP contribution in [0.3, 0.4) is 0 Å². The molecule has 0 spiro atoms. The molecule has 0 N–H and O–H groups in total. The molecule has 1 nitrogen and oxygen atoms in total. The maximum absolute atomic E-state index is 6.00. The van der Waals surface area contributed by atoms with Crippen molar-refractivity contribution in [3.05, 3.63) is 42.0 Å². The second kappa shape index (κ2) is 14.6. The van der Waals surface area contributed by atoms with Gasteiger partial charge in [-0.2, -0.15) is 0 Å². The van der Waals surface area contributed by atoms with Gasteiger partial charge in [-0.3, -0.25) is 0 Å². The predicted molar refractivity (Wildman–Crippen MR) is 118 cm³/mol. The lowest BCUT2D eigenvalue weighted by Gasteiger charge is -2.12. The smallest absolute Gasteiger partial charge is 0.127 e. The zero-order valence-corrected chi connectivity index (χ0v) is 17.3. The molecule has 0 aliphatic heterocycles. The summed E-state index contributed by atoms with van der Waals surface area (Å²) in [6.45, 7) is 12.9. The van der Waals surface area contributed by atoms with E-state index in [1.165, 1.54) is 76.2 Å². The molecule has 0 amide bonds. The summed E-state index contributed by atoms with van der Waals surface area (Å²) < 4.78 is 6.00. The van der Waals surface area contributed by atoms with Gasteiger partial charge in [-0.25, -0.2) is 0 Å². The highest BCUT2D eigenvalue weighted by Crippen LogP contribution is 2.25. The summed E-state index contributed by atoms with van der Waals surface area (Å²) in [5, 5.41) is 0. The molecule has 0 saturated heterocycles. The minimum atomic E-state index is 0.790. The van der Waals surface area contributed by atoms with E-state index in [1.807, 2.05) is 12.2 Å². The summed E-state index contributed by atoms with van der Waals surface area (Å²) in [6.07, 6.45) is 20.2. The van der Waals surface area contributed by atoms with Gasteiger partial charge in [0.05, 0.1) is 6.61 Å². The van der Waals surface area contributed by atoms with E-state index < -0.39 is 0 Å². The highest BCUT2D eigenvalue weighted by Gasteiger charge is 2.05. The van der Waals surface area contributed by atoms with Crippen LogP contribution in [0.25, 0.3) is 12.2 Å². The van der Waals surface area contributed by atoms with Crippen LogP contribution in [0.1, 0.15) is 101 Å². The van der Waals surface area contributed by atoms with Crippen molar-refractivity contribution < 1.29 is 4.74 Å².